The van der Waals surface area contributed by atoms with E-state index in [9.17, 15) is 9.18 Å². The van der Waals surface area contributed by atoms with E-state index in [4.69, 9.17) is 4.98 Å². The van der Waals surface area contributed by atoms with Gasteiger partial charge in [-0.15, -0.1) is 11.3 Å². The third-order valence-electron chi connectivity index (χ3n) is 5.39. The van der Waals surface area contributed by atoms with Gasteiger partial charge in [-0.05, 0) is 42.5 Å². The molecule has 0 radical (unpaired) electrons. The van der Waals surface area contributed by atoms with Crippen molar-refractivity contribution < 1.29 is 9.18 Å². The van der Waals surface area contributed by atoms with Crippen molar-refractivity contribution >= 4 is 22.8 Å². The van der Waals surface area contributed by atoms with Crippen LogP contribution in [0, 0.1) is 0 Å². The third kappa shape index (κ3) is 3.76. The van der Waals surface area contributed by atoms with Crippen LogP contribution in [0.4, 0.5) is 4.39 Å². The minimum atomic E-state index is -0.806. The van der Waals surface area contributed by atoms with Gasteiger partial charge in [0, 0.05) is 37.0 Å². The zero-order valence-corrected chi connectivity index (χ0v) is 17.0. The number of hydrogen-bond donors (Lipinski definition) is 1. The highest BCUT2D eigenvalue weighted by molar-refractivity contribution is 7.13. The topological polar surface area (TPSA) is 72.2 Å². The highest BCUT2D eigenvalue weighted by atomic mass is 32.1. The van der Waals surface area contributed by atoms with E-state index in [-0.39, 0.29) is 11.8 Å². The number of aromatic nitrogens is 4. The zero-order valence-electron chi connectivity index (χ0n) is 16.2. The molecule has 0 amide bonds. The molecular weight excluding hydrogens is 401 g/mol. The predicted molar refractivity (Wildman–Crippen MR) is 114 cm³/mol. The maximum atomic E-state index is 13.3. The maximum Gasteiger partial charge on any atom is 0.165 e. The molecule has 4 aromatic heterocycles. The number of halogens is 1. The molecule has 4 aromatic rings. The van der Waals surface area contributed by atoms with Crippen molar-refractivity contribution in [2.75, 3.05) is 6.54 Å². The Bertz CT molecular complexity index is 1190. The van der Waals surface area contributed by atoms with Gasteiger partial charge >= 0.3 is 0 Å². The number of carbonyl (C=O) groups excluding carboxylic acids is 1. The Labute approximate surface area is 176 Å². The summed E-state index contributed by atoms with van der Waals surface area (Å²) in [7, 11) is 0. The summed E-state index contributed by atoms with van der Waals surface area (Å²) >= 11 is 1.63. The monoisotopic (exact) mass is 421 g/mol. The molecule has 30 heavy (non-hydrogen) atoms. The predicted octanol–water partition coefficient (Wildman–Crippen LogP) is 4.18. The summed E-state index contributed by atoms with van der Waals surface area (Å²) in [6, 6.07) is 9.55. The van der Waals surface area contributed by atoms with Crippen molar-refractivity contribution in [1.29, 1.82) is 0 Å². The van der Waals surface area contributed by atoms with Gasteiger partial charge < -0.3 is 5.32 Å². The molecule has 152 valence electrons. The summed E-state index contributed by atoms with van der Waals surface area (Å²) in [4.78, 5) is 23.0. The van der Waals surface area contributed by atoms with Crippen LogP contribution >= 0.6 is 11.3 Å². The average Bonchev–Trinajstić information content (AvgIpc) is 3.52. The maximum absolute atomic E-state index is 13.3. The Morgan fingerprint density at radius 2 is 2.23 bits per heavy atom. The molecule has 1 aliphatic rings. The van der Waals surface area contributed by atoms with Crippen LogP contribution in [-0.2, 0) is 0 Å². The fourth-order valence-corrected chi connectivity index (χ4v) is 4.50. The molecule has 0 bridgehead atoms. The molecule has 0 spiro atoms. The molecule has 6 nitrogen and oxygen atoms in total. The number of nitrogens with zero attached hydrogens (tertiary/aromatic N) is 4. The summed E-state index contributed by atoms with van der Waals surface area (Å²) in [6.07, 6.45) is 5.93. The first-order valence-electron chi connectivity index (χ1n) is 9.93. The van der Waals surface area contributed by atoms with Gasteiger partial charge in [0.1, 0.15) is 6.17 Å². The van der Waals surface area contributed by atoms with Gasteiger partial charge in [-0.2, -0.15) is 5.10 Å². The van der Waals surface area contributed by atoms with E-state index in [1.165, 1.54) is 0 Å². The van der Waals surface area contributed by atoms with Gasteiger partial charge in [0.15, 0.2) is 11.4 Å². The lowest BCUT2D eigenvalue weighted by molar-refractivity contribution is 0.0976. The van der Waals surface area contributed by atoms with Crippen molar-refractivity contribution in [2.45, 2.75) is 31.5 Å². The molecule has 1 N–H and O–H groups in total. The lowest BCUT2D eigenvalue weighted by atomic mass is 10.0. The van der Waals surface area contributed by atoms with Crippen molar-refractivity contribution in [3.8, 4) is 21.8 Å². The molecule has 1 saturated heterocycles. The normalized spacial score (nSPS) is 18.8. The highest BCUT2D eigenvalue weighted by Gasteiger charge is 2.24. The van der Waals surface area contributed by atoms with Crippen LogP contribution in [0.2, 0.25) is 0 Å². The van der Waals surface area contributed by atoms with Gasteiger partial charge in [-0.3, -0.25) is 9.78 Å². The smallest absolute Gasteiger partial charge is 0.165 e. The Morgan fingerprint density at radius 1 is 1.30 bits per heavy atom. The first kappa shape index (κ1) is 19.0. The summed E-state index contributed by atoms with van der Waals surface area (Å²) in [6.45, 7) is 0.382. The second-order valence-corrected chi connectivity index (χ2v) is 8.39. The molecule has 5 heterocycles. The standard InChI is InChI=1S/C22H20FN5OS/c23-15-11-16(25-12-15)3-4-20(29)14-5-7-24-19(10-14)17-13-26-28-8-6-18(27-22(17)28)21-2-1-9-30-21/h1-2,5-10,13,15-16,25H,3-4,11-12H2/t15-,16+/m0/s1. The van der Waals surface area contributed by atoms with Gasteiger partial charge in [0.25, 0.3) is 0 Å². The minimum Gasteiger partial charge on any atom is -0.311 e. The van der Waals surface area contributed by atoms with Crippen LogP contribution in [0.1, 0.15) is 29.6 Å². The number of alkyl halides is 1. The van der Waals surface area contributed by atoms with E-state index < -0.39 is 6.17 Å². The van der Waals surface area contributed by atoms with E-state index in [2.05, 4.69) is 15.4 Å². The lowest BCUT2D eigenvalue weighted by Crippen LogP contribution is -2.22. The molecule has 1 fully saturated rings. The summed E-state index contributed by atoms with van der Waals surface area (Å²) in [5.74, 6) is 0.0338. The largest absolute Gasteiger partial charge is 0.311 e. The third-order valence-corrected chi connectivity index (χ3v) is 6.28. The van der Waals surface area contributed by atoms with E-state index in [0.29, 0.717) is 42.7 Å². The molecule has 0 aliphatic carbocycles. The van der Waals surface area contributed by atoms with Gasteiger partial charge in [0.2, 0.25) is 0 Å². The number of rotatable bonds is 6. The molecule has 0 aromatic carbocycles. The number of pyridine rings is 1. The van der Waals surface area contributed by atoms with E-state index in [0.717, 1.165) is 16.1 Å². The molecule has 0 unspecified atom stereocenters. The Morgan fingerprint density at radius 3 is 3.03 bits per heavy atom. The molecular formula is C22H20FN5OS. The lowest BCUT2D eigenvalue weighted by Gasteiger charge is -2.09. The Balaban J connectivity index is 1.40. The van der Waals surface area contributed by atoms with Crippen molar-refractivity contribution in [3.63, 3.8) is 0 Å². The fourth-order valence-electron chi connectivity index (χ4n) is 3.80. The molecule has 5 rings (SSSR count). The first-order chi connectivity index (χ1) is 14.7. The van der Waals surface area contributed by atoms with Crippen LogP contribution in [0.25, 0.3) is 27.5 Å². The number of fused-ring (bicyclic) bond motifs is 1. The SMILES string of the molecule is O=C(CC[C@@H]1C[C@H](F)CN1)c1ccnc(-c2cnn3ccc(-c4cccs4)nc23)c1. The number of Topliss-reactive ketones (excluding diaryl/α,β-unsaturated/α-hetero) is 1. The molecule has 0 saturated carbocycles. The van der Waals surface area contributed by atoms with Crippen molar-refractivity contribution in [2.24, 2.45) is 0 Å². The number of nitrogens with one attached hydrogen (secondary N) is 1. The van der Waals surface area contributed by atoms with Gasteiger partial charge in [0.05, 0.1) is 28.0 Å². The second-order valence-electron chi connectivity index (χ2n) is 7.45. The van der Waals surface area contributed by atoms with E-state index >= 15 is 0 Å². The van der Waals surface area contributed by atoms with Crippen LogP contribution in [0.15, 0.2) is 54.3 Å². The number of hydrogen-bond acceptors (Lipinski definition) is 6. The first-order valence-corrected chi connectivity index (χ1v) is 10.8. The Hall–Kier alpha value is -2.97. The van der Waals surface area contributed by atoms with Crippen molar-refractivity contribution in [3.05, 3.63) is 59.9 Å². The zero-order chi connectivity index (χ0) is 20.5. The quantitative estimate of drug-likeness (QED) is 0.473. The van der Waals surface area contributed by atoms with Crippen LogP contribution in [0.3, 0.4) is 0 Å². The van der Waals surface area contributed by atoms with E-state index in [1.807, 2.05) is 29.8 Å². The van der Waals surface area contributed by atoms with Crippen LogP contribution in [0.5, 0.6) is 0 Å². The van der Waals surface area contributed by atoms with Gasteiger partial charge in [-0.25, -0.2) is 13.9 Å². The van der Waals surface area contributed by atoms with Crippen LogP contribution in [-0.4, -0.2) is 44.1 Å². The number of ketones is 1. The highest BCUT2D eigenvalue weighted by Crippen LogP contribution is 2.27. The summed E-state index contributed by atoms with van der Waals surface area (Å²) < 4.78 is 15.0. The number of thiophene rings is 1. The van der Waals surface area contributed by atoms with E-state index in [1.54, 1.807) is 40.4 Å². The second kappa shape index (κ2) is 8.04. The van der Waals surface area contributed by atoms with Gasteiger partial charge in [-0.1, -0.05) is 6.07 Å². The molecule has 2 atom stereocenters. The Kier molecular flexibility index (Phi) is 5.10. The number of carbonyl (C=O) groups is 1. The molecule has 8 heteroatoms. The fraction of sp³-hybridized carbons (Fsp3) is 0.273. The summed E-state index contributed by atoms with van der Waals surface area (Å²) in [5, 5.41) is 9.52. The summed E-state index contributed by atoms with van der Waals surface area (Å²) in [5.41, 5.74) is 3.61. The minimum absolute atomic E-state index is 0.0338. The van der Waals surface area contributed by atoms with Crippen LogP contribution < -0.4 is 5.32 Å². The molecule has 1 aliphatic heterocycles. The average molecular weight is 422 g/mol. The van der Waals surface area contributed by atoms with Crippen molar-refractivity contribution in [1.82, 2.24) is 24.9 Å².